The Kier molecular flexibility index (Phi) is 5.83. The van der Waals surface area contributed by atoms with Crippen LogP contribution in [0, 0.1) is 6.92 Å². The van der Waals surface area contributed by atoms with Crippen molar-refractivity contribution in [2.24, 2.45) is 0 Å². The Hall–Kier alpha value is -1.32. The van der Waals surface area contributed by atoms with E-state index < -0.39 is 0 Å². The molecule has 0 fully saturated rings. The fraction of sp³-hybridized carbons (Fsp3) is 0.333. The van der Waals surface area contributed by atoms with Gasteiger partial charge in [0, 0.05) is 24.6 Å². The van der Waals surface area contributed by atoms with Gasteiger partial charge in [0.1, 0.15) is 0 Å². The zero-order chi connectivity index (χ0) is 15.2. The van der Waals surface area contributed by atoms with E-state index in [1.807, 2.05) is 0 Å². The van der Waals surface area contributed by atoms with Crippen molar-refractivity contribution in [2.75, 3.05) is 18.5 Å². The SMILES string of the molecule is CCNCc1ccc(N(C)Cc2cccc(C)c2)c(Br)c1. The molecule has 0 aromatic heterocycles. The zero-order valence-corrected chi connectivity index (χ0v) is 14.6. The predicted molar refractivity (Wildman–Crippen MR) is 94.8 cm³/mol. The molecule has 0 aliphatic heterocycles. The lowest BCUT2D eigenvalue weighted by molar-refractivity contribution is 0.726. The number of hydrogen-bond donors (Lipinski definition) is 1. The number of nitrogens with zero attached hydrogens (tertiary/aromatic N) is 1. The summed E-state index contributed by atoms with van der Waals surface area (Å²) in [7, 11) is 2.13. The van der Waals surface area contributed by atoms with Gasteiger partial charge in [0.25, 0.3) is 0 Å². The minimum Gasteiger partial charge on any atom is -0.369 e. The molecule has 0 radical (unpaired) electrons. The number of aryl methyl sites for hydroxylation is 1. The second-order valence-corrected chi connectivity index (χ2v) is 6.27. The van der Waals surface area contributed by atoms with Crippen molar-refractivity contribution in [3.05, 3.63) is 63.6 Å². The van der Waals surface area contributed by atoms with Crippen molar-refractivity contribution in [3.8, 4) is 0 Å². The summed E-state index contributed by atoms with van der Waals surface area (Å²) in [5.74, 6) is 0. The van der Waals surface area contributed by atoms with Gasteiger partial charge < -0.3 is 10.2 Å². The van der Waals surface area contributed by atoms with E-state index in [1.54, 1.807) is 0 Å². The first kappa shape index (κ1) is 16.1. The van der Waals surface area contributed by atoms with Crippen LogP contribution in [0.5, 0.6) is 0 Å². The summed E-state index contributed by atoms with van der Waals surface area (Å²) in [6.07, 6.45) is 0. The van der Waals surface area contributed by atoms with Gasteiger partial charge in [0.2, 0.25) is 0 Å². The van der Waals surface area contributed by atoms with Gasteiger partial charge in [-0.1, -0.05) is 42.8 Å². The standard InChI is InChI=1S/C18H23BrN2/c1-4-20-12-15-8-9-18(17(19)11-15)21(3)13-16-7-5-6-14(2)10-16/h5-11,20H,4,12-13H2,1-3H3. The first-order valence-corrected chi connectivity index (χ1v) is 8.15. The summed E-state index contributed by atoms with van der Waals surface area (Å²) < 4.78 is 1.15. The predicted octanol–water partition coefficient (Wildman–Crippen LogP) is 4.50. The molecular weight excluding hydrogens is 324 g/mol. The normalized spacial score (nSPS) is 10.7. The number of halogens is 1. The Morgan fingerprint density at radius 3 is 2.57 bits per heavy atom. The van der Waals surface area contributed by atoms with Crippen LogP contribution >= 0.6 is 15.9 Å². The molecule has 0 amide bonds. The van der Waals surface area contributed by atoms with Crippen LogP contribution < -0.4 is 10.2 Å². The van der Waals surface area contributed by atoms with Gasteiger partial charge in [-0.05, 0) is 52.7 Å². The molecule has 0 bridgehead atoms. The van der Waals surface area contributed by atoms with Crippen molar-refractivity contribution in [3.63, 3.8) is 0 Å². The first-order chi connectivity index (χ1) is 10.1. The van der Waals surface area contributed by atoms with E-state index >= 15 is 0 Å². The summed E-state index contributed by atoms with van der Waals surface area (Å²) in [5.41, 5.74) is 5.16. The average molecular weight is 347 g/mol. The van der Waals surface area contributed by atoms with Crippen LogP contribution in [0.3, 0.4) is 0 Å². The Morgan fingerprint density at radius 1 is 1.10 bits per heavy atom. The Labute approximate surface area is 136 Å². The van der Waals surface area contributed by atoms with Gasteiger partial charge in [-0.2, -0.15) is 0 Å². The molecule has 0 atom stereocenters. The third kappa shape index (κ3) is 4.58. The highest BCUT2D eigenvalue weighted by Crippen LogP contribution is 2.27. The molecular formula is C18H23BrN2. The molecule has 2 aromatic carbocycles. The van der Waals surface area contributed by atoms with Crippen LogP contribution in [0.15, 0.2) is 46.9 Å². The maximum Gasteiger partial charge on any atom is 0.0511 e. The smallest absolute Gasteiger partial charge is 0.0511 e. The van der Waals surface area contributed by atoms with E-state index in [-0.39, 0.29) is 0 Å². The van der Waals surface area contributed by atoms with Gasteiger partial charge in [-0.15, -0.1) is 0 Å². The molecule has 2 nitrogen and oxygen atoms in total. The van der Waals surface area contributed by atoms with Crippen molar-refractivity contribution >= 4 is 21.6 Å². The quantitative estimate of drug-likeness (QED) is 0.828. The van der Waals surface area contributed by atoms with E-state index in [4.69, 9.17) is 0 Å². The van der Waals surface area contributed by atoms with Crippen molar-refractivity contribution in [2.45, 2.75) is 26.9 Å². The van der Waals surface area contributed by atoms with Crippen LogP contribution in [0.1, 0.15) is 23.6 Å². The van der Waals surface area contributed by atoms with Gasteiger partial charge >= 0.3 is 0 Å². The molecule has 0 unspecified atom stereocenters. The minimum atomic E-state index is 0.910. The third-order valence-electron chi connectivity index (χ3n) is 3.50. The number of hydrogen-bond acceptors (Lipinski definition) is 2. The number of rotatable bonds is 6. The number of anilines is 1. The Morgan fingerprint density at radius 2 is 1.90 bits per heavy atom. The van der Waals surface area contributed by atoms with Crippen LogP contribution in [-0.2, 0) is 13.1 Å². The van der Waals surface area contributed by atoms with Crippen molar-refractivity contribution in [1.29, 1.82) is 0 Å². The maximum atomic E-state index is 3.70. The largest absolute Gasteiger partial charge is 0.369 e. The highest BCUT2D eigenvalue weighted by molar-refractivity contribution is 9.10. The highest BCUT2D eigenvalue weighted by atomic mass is 79.9. The average Bonchev–Trinajstić information content (AvgIpc) is 2.45. The molecule has 3 heteroatoms. The molecule has 0 saturated heterocycles. The fourth-order valence-corrected chi connectivity index (χ4v) is 3.14. The molecule has 21 heavy (non-hydrogen) atoms. The minimum absolute atomic E-state index is 0.910. The lowest BCUT2D eigenvalue weighted by Gasteiger charge is -2.21. The van der Waals surface area contributed by atoms with E-state index in [9.17, 15) is 0 Å². The van der Waals surface area contributed by atoms with Crippen LogP contribution in [0.4, 0.5) is 5.69 Å². The Bertz CT molecular complexity index is 596. The monoisotopic (exact) mass is 346 g/mol. The topological polar surface area (TPSA) is 15.3 Å². The molecule has 0 heterocycles. The van der Waals surface area contributed by atoms with Gasteiger partial charge in [0.05, 0.1) is 5.69 Å². The summed E-state index contributed by atoms with van der Waals surface area (Å²) in [6, 6.07) is 15.2. The molecule has 2 aromatic rings. The second-order valence-electron chi connectivity index (χ2n) is 5.41. The van der Waals surface area contributed by atoms with Gasteiger partial charge in [-0.25, -0.2) is 0 Å². The lowest BCUT2D eigenvalue weighted by atomic mass is 10.1. The summed E-state index contributed by atoms with van der Waals surface area (Å²) in [5, 5.41) is 3.35. The van der Waals surface area contributed by atoms with Crippen molar-refractivity contribution < 1.29 is 0 Å². The Balaban J connectivity index is 2.10. The fourth-order valence-electron chi connectivity index (χ4n) is 2.41. The van der Waals surface area contributed by atoms with E-state index in [0.717, 1.165) is 24.1 Å². The van der Waals surface area contributed by atoms with E-state index in [1.165, 1.54) is 22.4 Å². The summed E-state index contributed by atoms with van der Waals surface area (Å²) in [4.78, 5) is 2.27. The van der Waals surface area contributed by atoms with Gasteiger partial charge in [-0.3, -0.25) is 0 Å². The molecule has 0 spiro atoms. The van der Waals surface area contributed by atoms with E-state index in [0.29, 0.717) is 0 Å². The highest BCUT2D eigenvalue weighted by Gasteiger charge is 2.07. The van der Waals surface area contributed by atoms with Crippen LogP contribution in [-0.4, -0.2) is 13.6 Å². The molecule has 1 N–H and O–H groups in total. The lowest BCUT2D eigenvalue weighted by Crippen LogP contribution is -2.17. The summed E-state index contributed by atoms with van der Waals surface area (Å²) in [6.45, 7) is 7.07. The van der Waals surface area contributed by atoms with Crippen LogP contribution in [0.2, 0.25) is 0 Å². The number of nitrogens with one attached hydrogen (secondary N) is 1. The van der Waals surface area contributed by atoms with Crippen LogP contribution in [0.25, 0.3) is 0 Å². The maximum absolute atomic E-state index is 3.70. The molecule has 0 aliphatic rings. The molecule has 0 saturated carbocycles. The molecule has 0 aliphatic carbocycles. The molecule has 112 valence electrons. The van der Waals surface area contributed by atoms with E-state index in [2.05, 4.69) is 89.5 Å². The summed E-state index contributed by atoms with van der Waals surface area (Å²) >= 11 is 3.70. The third-order valence-corrected chi connectivity index (χ3v) is 4.14. The second kappa shape index (κ2) is 7.62. The van der Waals surface area contributed by atoms with Crippen molar-refractivity contribution in [1.82, 2.24) is 5.32 Å². The van der Waals surface area contributed by atoms with Gasteiger partial charge in [0.15, 0.2) is 0 Å². The zero-order valence-electron chi connectivity index (χ0n) is 13.0. The number of benzene rings is 2. The first-order valence-electron chi connectivity index (χ1n) is 7.36. The molecule has 2 rings (SSSR count).